The highest BCUT2D eigenvalue weighted by Gasteiger charge is 2.19. The van der Waals surface area contributed by atoms with Gasteiger partial charge in [0.25, 0.3) is 9.05 Å². The minimum Gasteiger partial charge on any atom is -0.233 e. The number of aromatic nitrogens is 1. The normalized spacial score (nSPS) is 11.4. The third-order valence-electron chi connectivity index (χ3n) is 2.25. The second kappa shape index (κ2) is 4.56. The zero-order valence-corrected chi connectivity index (χ0v) is 11.6. The first-order valence-corrected chi connectivity index (χ1v) is 7.55. The molecular weight excluding hydrogens is 319 g/mol. The first kappa shape index (κ1) is 13.4. The zero-order chi connectivity index (χ0) is 13.5. The van der Waals surface area contributed by atoms with E-state index >= 15 is 0 Å². The Labute approximate surface area is 117 Å². The quantitative estimate of drug-likeness (QED) is 0.596. The van der Waals surface area contributed by atoms with Gasteiger partial charge >= 0.3 is 0 Å². The van der Waals surface area contributed by atoms with Crippen molar-refractivity contribution >= 4 is 53.8 Å². The molecule has 1 aromatic heterocycles. The Morgan fingerprint density at radius 3 is 2.50 bits per heavy atom. The number of para-hydroxylation sites is 1. The summed E-state index contributed by atoms with van der Waals surface area (Å²) in [5, 5.41) is 9.08. The number of hydrogen-bond acceptors (Lipinski definition) is 4. The molecule has 0 aliphatic rings. The summed E-state index contributed by atoms with van der Waals surface area (Å²) in [6.07, 6.45) is 0. The molecule has 0 spiro atoms. The number of hydrogen-bond donors (Lipinski definition) is 0. The van der Waals surface area contributed by atoms with Gasteiger partial charge in [-0.15, -0.1) is 0 Å². The summed E-state index contributed by atoms with van der Waals surface area (Å²) in [6, 6.07) is 6.09. The highest BCUT2D eigenvalue weighted by Crippen LogP contribution is 2.33. The number of pyridine rings is 1. The fraction of sp³-hybridized carbons (Fsp3) is 0. The van der Waals surface area contributed by atoms with Crippen molar-refractivity contribution in [2.45, 2.75) is 4.90 Å². The molecular formula is C10H3Cl3N2O2S. The van der Waals surface area contributed by atoms with Crippen LogP contribution >= 0.6 is 33.9 Å². The summed E-state index contributed by atoms with van der Waals surface area (Å²) >= 11 is 11.8. The SMILES string of the molecule is N#Cc1c(Cl)nc2c(S(=O)(=O)Cl)cccc2c1Cl. The van der Waals surface area contributed by atoms with Crippen LogP contribution in [0.5, 0.6) is 0 Å². The standard InChI is InChI=1S/C10H3Cl3N2O2S/c11-8-5-2-1-3-7(18(13,16)17)9(5)15-10(12)6(8)4-14/h1-3H. The van der Waals surface area contributed by atoms with Crippen LogP contribution < -0.4 is 0 Å². The first-order chi connectivity index (χ1) is 8.36. The summed E-state index contributed by atoms with van der Waals surface area (Å²) in [5.41, 5.74) is 0.0384. The third-order valence-corrected chi connectivity index (χ3v) is 4.27. The number of fused-ring (bicyclic) bond motifs is 1. The van der Waals surface area contributed by atoms with Crippen LogP contribution in [0.3, 0.4) is 0 Å². The van der Waals surface area contributed by atoms with Crippen LogP contribution in [-0.4, -0.2) is 13.4 Å². The Bertz CT molecular complexity index is 797. The first-order valence-electron chi connectivity index (χ1n) is 4.48. The van der Waals surface area contributed by atoms with E-state index in [2.05, 4.69) is 4.98 Å². The van der Waals surface area contributed by atoms with Gasteiger partial charge in [0, 0.05) is 16.1 Å². The molecule has 0 bridgehead atoms. The molecule has 4 nitrogen and oxygen atoms in total. The van der Waals surface area contributed by atoms with Crippen LogP contribution in [0.15, 0.2) is 23.1 Å². The number of nitrogens with zero attached hydrogens (tertiary/aromatic N) is 2. The van der Waals surface area contributed by atoms with Gasteiger partial charge in [-0.05, 0) is 6.07 Å². The molecule has 1 aromatic carbocycles. The molecule has 92 valence electrons. The Balaban J connectivity index is 3.03. The molecule has 0 saturated heterocycles. The van der Waals surface area contributed by atoms with E-state index in [-0.39, 0.29) is 26.2 Å². The van der Waals surface area contributed by atoms with Crippen molar-refractivity contribution < 1.29 is 8.42 Å². The smallest absolute Gasteiger partial charge is 0.233 e. The lowest BCUT2D eigenvalue weighted by molar-refractivity contribution is 0.610. The van der Waals surface area contributed by atoms with Gasteiger partial charge in [-0.3, -0.25) is 0 Å². The molecule has 8 heteroatoms. The number of rotatable bonds is 1. The molecule has 0 aliphatic heterocycles. The molecule has 0 fully saturated rings. The van der Waals surface area contributed by atoms with Gasteiger partial charge in [0.15, 0.2) is 0 Å². The molecule has 0 amide bonds. The molecule has 2 aromatic rings. The van der Waals surface area contributed by atoms with Gasteiger partial charge in [-0.2, -0.15) is 5.26 Å². The predicted molar refractivity (Wildman–Crippen MR) is 69.5 cm³/mol. The number of nitriles is 1. The number of halogens is 3. The lowest BCUT2D eigenvalue weighted by Crippen LogP contribution is -1.96. The van der Waals surface area contributed by atoms with Crippen molar-refractivity contribution in [1.29, 1.82) is 5.26 Å². The average molecular weight is 322 g/mol. The van der Waals surface area contributed by atoms with E-state index in [4.69, 9.17) is 39.1 Å². The molecule has 0 atom stereocenters. The van der Waals surface area contributed by atoms with E-state index in [0.29, 0.717) is 5.39 Å². The van der Waals surface area contributed by atoms with Crippen molar-refractivity contribution in [3.05, 3.63) is 33.9 Å². The monoisotopic (exact) mass is 320 g/mol. The van der Waals surface area contributed by atoms with Crippen LogP contribution in [0.25, 0.3) is 10.9 Å². The highest BCUT2D eigenvalue weighted by molar-refractivity contribution is 8.14. The molecule has 0 aliphatic carbocycles. The van der Waals surface area contributed by atoms with E-state index < -0.39 is 9.05 Å². The maximum atomic E-state index is 11.4. The van der Waals surface area contributed by atoms with Crippen LogP contribution in [0.2, 0.25) is 10.2 Å². The topological polar surface area (TPSA) is 70.8 Å². The van der Waals surface area contributed by atoms with Crippen LogP contribution in [-0.2, 0) is 9.05 Å². The molecule has 0 N–H and O–H groups in total. The predicted octanol–water partition coefficient (Wildman–Crippen LogP) is 3.34. The number of benzene rings is 1. The molecule has 18 heavy (non-hydrogen) atoms. The molecule has 0 radical (unpaired) electrons. The lowest BCUT2D eigenvalue weighted by Gasteiger charge is -2.06. The van der Waals surface area contributed by atoms with Crippen LogP contribution in [0.1, 0.15) is 5.56 Å². The summed E-state index contributed by atoms with van der Waals surface area (Å²) in [6.45, 7) is 0. The van der Waals surface area contributed by atoms with Crippen molar-refractivity contribution in [2.75, 3.05) is 0 Å². The highest BCUT2D eigenvalue weighted by atomic mass is 35.7. The Morgan fingerprint density at radius 2 is 1.94 bits per heavy atom. The molecule has 1 heterocycles. The van der Waals surface area contributed by atoms with Gasteiger partial charge in [0.1, 0.15) is 21.7 Å². The van der Waals surface area contributed by atoms with Crippen molar-refractivity contribution in [1.82, 2.24) is 4.98 Å². The zero-order valence-electron chi connectivity index (χ0n) is 8.49. The van der Waals surface area contributed by atoms with Crippen LogP contribution in [0.4, 0.5) is 0 Å². The molecule has 0 unspecified atom stereocenters. The third kappa shape index (κ3) is 2.13. The Morgan fingerprint density at radius 1 is 1.28 bits per heavy atom. The van der Waals surface area contributed by atoms with Crippen LogP contribution in [0, 0.1) is 11.3 Å². The summed E-state index contributed by atoms with van der Waals surface area (Å²) in [4.78, 5) is 3.67. The average Bonchev–Trinajstić information content (AvgIpc) is 2.27. The fourth-order valence-electron chi connectivity index (χ4n) is 1.49. The summed E-state index contributed by atoms with van der Waals surface area (Å²) < 4.78 is 22.8. The van der Waals surface area contributed by atoms with Crippen molar-refractivity contribution in [3.8, 4) is 6.07 Å². The van der Waals surface area contributed by atoms with Gasteiger partial charge in [0.05, 0.1) is 10.5 Å². The Hall–Kier alpha value is -1.06. The second-order valence-electron chi connectivity index (χ2n) is 3.29. The van der Waals surface area contributed by atoms with E-state index in [1.54, 1.807) is 6.07 Å². The van der Waals surface area contributed by atoms with Gasteiger partial charge in [-0.25, -0.2) is 13.4 Å². The maximum absolute atomic E-state index is 11.4. The minimum atomic E-state index is -3.97. The summed E-state index contributed by atoms with van der Waals surface area (Å²) in [7, 11) is 1.32. The van der Waals surface area contributed by atoms with Gasteiger partial charge < -0.3 is 0 Å². The molecule has 0 saturated carbocycles. The largest absolute Gasteiger partial charge is 0.263 e. The van der Waals surface area contributed by atoms with E-state index in [0.717, 1.165) is 0 Å². The molecule has 2 rings (SSSR count). The lowest BCUT2D eigenvalue weighted by atomic mass is 10.1. The Kier molecular flexibility index (Phi) is 3.39. The summed E-state index contributed by atoms with van der Waals surface area (Å²) in [5.74, 6) is 0. The van der Waals surface area contributed by atoms with Crippen molar-refractivity contribution in [3.63, 3.8) is 0 Å². The van der Waals surface area contributed by atoms with Crippen molar-refractivity contribution in [2.24, 2.45) is 0 Å². The minimum absolute atomic E-state index is 0.00467. The van der Waals surface area contributed by atoms with Gasteiger partial charge in [0.2, 0.25) is 0 Å². The van der Waals surface area contributed by atoms with Gasteiger partial charge in [-0.1, -0.05) is 35.3 Å². The van der Waals surface area contributed by atoms with E-state index in [1.807, 2.05) is 0 Å². The van der Waals surface area contributed by atoms with E-state index in [1.165, 1.54) is 18.2 Å². The maximum Gasteiger partial charge on any atom is 0.263 e. The second-order valence-corrected chi connectivity index (χ2v) is 6.56. The fourth-order valence-corrected chi connectivity index (χ4v) is 3.04. The van der Waals surface area contributed by atoms with E-state index in [9.17, 15) is 8.42 Å².